The van der Waals surface area contributed by atoms with Crippen LogP contribution >= 0.6 is 27.5 Å². The highest BCUT2D eigenvalue weighted by Crippen LogP contribution is 2.23. The summed E-state index contributed by atoms with van der Waals surface area (Å²) in [7, 11) is 0. The highest BCUT2D eigenvalue weighted by molar-refractivity contribution is 9.10. The maximum absolute atomic E-state index is 12.3. The SMILES string of the molecule is CC(C)CC(C)(CN)NC(=O)c1ccc(Cl)cc1Br. The summed E-state index contributed by atoms with van der Waals surface area (Å²) in [6.07, 6.45) is 0.834. The molecule has 0 radical (unpaired) electrons. The lowest BCUT2D eigenvalue weighted by Gasteiger charge is -2.31. The highest BCUT2D eigenvalue weighted by Gasteiger charge is 2.26. The summed E-state index contributed by atoms with van der Waals surface area (Å²) >= 11 is 9.22. The zero-order valence-electron chi connectivity index (χ0n) is 11.5. The van der Waals surface area contributed by atoms with Gasteiger partial charge in [-0.15, -0.1) is 0 Å². The summed E-state index contributed by atoms with van der Waals surface area (Å²) in [5, 5.41) is 3.60. The Morgan fingerprint density at radius 3 is 2.63 bits per heavy atom. The second kappa shape index (κ2) is 6.73. The lowest BCUT2D eigenvalue weighted by Crippen LogP contribution is -2.52. The van der Waals surface area contributed by atoms with E-state index in [1.54, 1.807) is 18.2 Å². The molecule has 0 aliphatic carbocycles. The fourth-order valence-corrected chi connectivity index (χ4v) is 2.96. The minimum Gasteiger partial charge on any atom is -0.346 e. The average molecular weight is 348 g/mol. The van der Waals surface area contributed by atoms with Crippen molar-refractivity contribution in [1.29, 1.82) is 0 Å². The molecule has 3 N–H and O–H groups in total. The summed E-state index contributed by atoms with van der Waals surface area (Å²) in [5.41, 5.74) is 5.96. The number of rotatable bonds is 5. The van der Waals surface area contributed by atoms with Gasteiger partial charge in [-0.3, -0.25) is 4.79 Å². The molecule has 19 heavy (non-hydrogen) atoms. The molecule has 1 amide bonds. The van der Waals surface area contributed by atoms with E-state index in [2.05, 4.69) is 35.1 Å². The van der Waals surface area contributed by atoms with Gasteiger partial charge in [0.15, 0.2) is 0 Å². The van der Waals surface area contributed by atoms with Gasteiger partial charge in [0.05, 0.1) is 5.56 Å². The van der Waals surface area contributed by atoms with Crippen LogP contribution in [0.25, 0.3) is 0 Å². The zero-order chi connectivity index (χ0) is 14.6. The van der Waals surface area contributed by atoms with Gasteiger partial charge < -0.3 is 11.1 Å². The van der Waals surface area contributed by atoms with Crippen LogP contribution in [0.2, 0.25) is 5.02 Å². The van der Waals surface area contributed by atoms with E-state index in [4.69, 9.17) is 17.3 Å². The molecule has 0 saturated heterocycles. The molecule has 0 heterocycles. The number of nitrogens with two attached hydrogens (primary N) is 1. The van der Waals surface area contributed by atoms with Crippen LogP contribution in [0.15, 0.2) is 22.7 Å². The van der Waals surface area contributed by atoms with E-state index in [0.29, 0.717) is 27.5 Å². The molecule has 1 rings (SSSR count). The second-order valence-electron chi connectivity index (χ2n) is 5.44. The Labute approximate surface area is 128 Å². The number of nitrogens with one attached hydrogen (secondary N) is 1. The number of hydrogen-bond acceptors (Lipinski definition) is 2. The van der Waals surface area contributed by atoms with Crippen LogP contribution in [0.5, 0.6) is 0 Å². The molecule has 1 aromatic rings. The molecule has 0 fully saturated rings. The van der Waals surface area contributed by atoms with Gasteiger partial charge in [0.2, 0.25) is 0 Å². The normalized spacial score (nSPS) is 14.3. The van der Waals surface area contributed by atoms with E-state index < -0.39 is 5.54 Å². The Morgan fingerprint density at radius 1 is 1.53 bits per heavy atom. The Balaban J connectivity index is 2.88. The quantitative estimate of drug-likeness (QED) is 0.855. The molecule has 0 aliphatic heterocycles. The summed E-state index contributed by atoms with van der Waals surface area (Å²) in [6.45, 7) is 6.59. The maximum Gasteiger partial charge on any atom is 0.252 e. The molecular formula is C14H20BrClN2O. The minimum absolute atomic E-state index is 0.142. The molecule has 1 unspecified atom stereocenters. The van der Waals surface area contributed by atoms with Crippen molar-refractivity contribution in [3.05, 3.63) is 33.3 Å². The van der Waals surface area contributed by atoms with Gasteiger partial charge in [-0.2, -0.15) is 0 Å². The van der Waals surface area contributed by atoms with Gasteiger partial charge in [0.25, 0.3) is 5.91 Å². The van der Waals surface area contributed by atoms with Crippen LogP contribution in [0.3, 0.4) is 0 Å². The van der Waals surface area contributed by atoms with Crippen LogP contribution in [-0.4, -0.2) is 18.0 Å². The molecule has 0 aliphatic rings. The molecule has 0 saturated carbocycles. The first-order valence-electron chi connectivity index (χ1n) is 6.25. The van der Waals surface area contributed by atoms with Gasteiger partial charge in [0.1, 0.15) is 0 Å². The predicted molar refractivity (Wildman–Crippen MR) is 83.5 cm³/mol. The van der Waals surface area contributed by atoms with E-state index in [0.717, 1.165) is 6.42 Å². The number of hydrogen-bond donors (Lipinski definition) is 2. The van der Waals surface area contributed by atoms with Crippen molar-refractivity contribution in [1.82, 2.24) is 5.32 Å². The number of carbonyl (C=O) groups excluding carboxylic acids is 1. The first-order valence-corrected chi connectivity index (χ1v) is 7.42. The molecule has 1 atom stereocenters. The number of carbonyl (C=O) groups is 1. The van der Waals surface area contributed by atoms with E-state index in [-0.39, 0.29) is 5.91 Å². The summed E-state index contributed by atoms with van der Waals surface area (Å²) in [4.78, 5) is 12.3. The van der Waals surface area contributed by atoms with Crippen molar-refractivity contribution in [3.8, 4) is 0 Å². The molecule has 1 aromatic carbocycles. The Hall–Kier alpha value is -0.580. The average Bonchev–Trinajstić information content (AvgIpc) is 2.27. The van der Waals surface area contributed by atoms with E-state index in [1.807, 2.05) is 6.92 Å². The minimum atomic E-state index is -0.398. The van der Waals surface area contributed by atoms with Gasteiger partial charge >= 0.3 is 0 Å². The van der Waals surface area contributed by atoms with Crippen molar-refractivity contribution in [2.75, 3.05) is 6.54 Å². The maximum atomic E-state index is 12.3. The van der Waals surface area contributed by atoms with E-state index in [9.17, 15) is 4.79 Å². The van der Waals surface area contributed by atoms with Crippen LogP contribution < -0.4 is 11.1 Å². The Bertz CT molecular complexity index is 465. The molecule has 0 aromatic heterocycles. The van der Waals surface area contributed by atoms with Crippen LogP contribution in [-0.2, 0) is 0 Å². The van der Waals surface area contributed by atoms with Crippen molar-refractivity contribution >= 4 is 33.4 Å². The Kier molecular flexibility index (Phi) is 5.83. The van der Waals surface area contributed by atoms with Gasteiger partial charge in [-0.05, 0) is 53.4 Å². The number of benzene rings is 1. The summed E-state index contributed by atoms with van der Waals surface area (Å²) in [5.74, 6) is 0.319. The van der Waals surface area contributed by atoms with Crippen molar-refractivity contribution in [2.45, 2.75) is 32.7 Å². The van der Waals surface area contributed by atoms with Crippen LogP contribution in [0.4, 0.5) is 0 Å². The summed E-state index contributed by atoms with van der Waals surface area (Å²) < 4.78 is 0.682. The monoisotopic (exact) mass is 346 g/mol. The lowest BCUT2D eigenvalue weighted by molar-refractivity contribution is 0.0897. The number of halogens is 2. The zero-order valence-corrected chi connectivity index (χ0v) is 13.8. The molecular weight excluding hydrogens is 328 g/mol. The standard InChI is InChI=1S/C14H20BrClN2O/c1-9(2)7-14(3,8-17)18-13(19)11-5-4-10(16)6-12(11)15/h4-6,9H,7-8,17H2,1-3H3,(H,18,19). The second-order valence-corrected chi connectivity index (χ2v) is 6.73. The lowest BCUT2D eigenvalue weighted by atomic mass is 9.90. The van der Waals surface area contributed by atoms with Crippen molar-refractivity contribution in [3.63, 3.8) is 0 Å². The van der Waals surface area contributed by atoms with Crippen LogP contribution in [0.1, 0.15) is 37.6 Å². The third-order valence-electron chi connectivity index (χ3n) is 2.90. The molecule has 0 bridgehead atoms. The van der Waals surface area contributed by atoms with Crippen molar-refractivity contribution in [2.24, 2.45) is 11.7 Å². The van der Waals surface area contributed by atoms with Gasteiger partial charge in [0, 0.05) is 21.6 Å². The van der Waals surface area contributed by atoms with E-state index >= 15 is 0 Å². The summed E-state index contributed by atoms with van der Waals surface area (Å²) in [6, 6.07) is 5.11. The predicted octanol–water partition coefficient (Wildman–Crippen LogP) is 3.60. The third kappa shape index (κ3) is 4.79. The van der Waals surface area contributed by atoms with Gasteiger partial charge in [-0.25, -0.2) is 0 Å². The molecule has 0 spiro atoms. The molecule has 106 valence electrons. The van der Waals surface area contributed by atoms with Crippen LogP contribution in [0, 0.1) is 5.92 Å². The molecule has 5 heteroatoms. The highest BCUT2D eigenvalue weighted by atomic mass is 79.9. The smallest absolute Gasteiger partial charge is 0.252 e. The van der Waals surface area contributed by atoms with Gasteiger partial charge in [-0.1, -0.05) is 25.4 Å². The number of amides is 1. The molecule has 3 nitrogen and oxygen atoms in total. The topological polar surface area (TPSA) is 55.1 Å². The third-order valence-corrected chi connectivity index (χ3v) is 3.79. The first kappa shape index (κ1) is 16.5. The fourth-order valence-electron chi connectivity index (χ4n) is 2.10. The first-order chi connectivity index (χ1) is 8.77. The van der Waals surface area contributed by atoms with E-state index in [1.165, 1.54) is 0 Å². The van der Waals surface area contributed by atoms with Crippen molar-refractivity contribution < 1.29 is 4.79 Å². The fraction of sp³-hybridized carbons (Fsp3) is 0.500. The largest absolute Gasteiger partial charge is 0.346 e. The Morgan fingerprint density at radius 2 is 2.16 bits per heavy atom.